The minimum atomic E-state index is -4.27. The van der Waals surface area contributed by atoms with Crippen molar-refractivity contribution in [3.63, 3.8) is 0 Å². The van der Waals surface area contributed by atoms with Crippen LogP contribution in [0, 0.1) is 0 Å². The number of rotatable bonds is 3. The van der Waals surface area contributed by atoms with Crippen molar-refractivity contribution in [2.75, 3.05) is 0 Å². The lowest BCUT2D eigenvalue weighted by atomic mass is 10.1. The highest BCUT2D eigenvalue weighted by atomic mass is 35.5. The Bertz CT molecular complexity index is 1270. The summed E-state index contributed by atoms with van der Waals surface area (Å²) in [6.45, 7) is 0.129. The van der Waals surface area contributed by atoms with Crippen molar-refractivity contribution < 1.29 is 23.1 Å². The van der Waals surface area contributed by atoms with E-state index in [2.05, 4.69) is 5.10 Å². The van der Waals surface area contributed by atoms with Gasteiger partial charge >= 0.3 is 12.1 Å². The third kappa shape index (κ3) is 5.21. The lowest BCUT2D eigenvalue weighted by Gasteiger charge is -2.06. The van der Waals surface area contributed by atoms with Crippen LogP contribution in [0.4, 0.5) is 13.2 Å². The molecule has 3 N–H and O–H groups in total. The maximum atomic E-state index is 12.1. The summed E-state index contributed by atoms with van der Waals surface area (Å²) in [6, 6.07) is 15.2. The molecule has 10 heteroatoms. The number of aromatic nitrogens is 2. The van der Waals surface area contributed by atoms with E-state index in [0.29, 0.717) is 26.5 Å². The quantitative estimate of drug-likeness (QED) is 0.365. The second kappa shape index (κ2) is 9.60. The first kappa shape index (κ1) is 23.6. The Labute approximate surface area is 190 Å². The molecule has 3 aromatic carbocycles. The fourth-order valence-corrected chi connectivity index (χ4v) is 3.23. The molecule has 0 fully saturated rings. The molecule has 0 amide bonds. The molecular formula is C22H16Cl2F3N3O2. The zero-order valence-corrected chi connectivity index (χ0v) is 17.8. The fourth-order valence-electron chi connectivity index (χ4n) is 2.93. The predicted molar refractivity (Wildman–Crippen MR) is 117 cm³/mol. The molecule has 0 aliphatic carbocycles. The van der Waals surface area contributed by atoms with Crippen molar-refractivity contribution >= 4 is 40.1 Å². The number of hydrogen-bond donors (Lipinski definition) is 2. The van der Waals surface area contributed by atoms with Crippen LogP contribution < -0.4 is 5.73 Å². The fraction of sp³-hybridized carbons (Fsp3) is 0.0909. The molecule has 1 aromatic heterocycles. The second-order valence-corrected chi connectivity index (χ2v) is 7.41. The number of aromatic carboxylic acids is 1. The van der Waals surface area contributed by atoms with Crippen molar-refractivity contribution in [3.8, 4) is 5.69 Å². The molecule has 0 aliphatic heterocycles. The van der Waals surface area contributed by atoms with Crippen LogP contribution >= 0.6 is 23.2 Å². The van der Waals surface area contributed by atoms with E-state index in [9.17, 15) is 18.0 Å². The number of nitrogens with two attached hydrogens (primary N) is 1. The molecule has 0 radical (unpaired) electrons. The Kier molecular flexibility index (Phi) is 7.08. The summed E-state index contributed by atoms with van der Waals surface area (Å²) in [5, 5.41) is 14.8. The number of fused-ring (bicyclic) bond motifs is 1. The van der Waals surface area contributed by atoms with Crippen LogP contribution in [-0.4, -0.2) is 20.9 Å². The number of halogens is 5. The molecule has 0 spiro atoms. The van der Waals surface area contributed by atoms with Gasteiger partial charge in [0.05, 0.1) is 38.6 Å². The van der Waals surface area contributed by atoms with Crippen molar-refractivity contribution in [3.05, 3.63) is 93.6 Å². The largest absolute Gasteiger partial charge is 0.478 e. The minimum Gasteiger partial charge on any atom is -0.478 e. The SMILES string of the molecule is NCc1cccc(C(F)(F)F)c1.O=C(O)c1cccc2c1cnn2-c1ccc(Cl)c(Cl)c1. The lowest BCUT2D eigenvalue weighted by Crippen LogP contribution is -2.06. The van der Waals surface area contributed by atoms with Crippen LogP contribution in [0.1, 0.15) is 21.5 Å². The average molecular weight is 482 g/mol. The first-order valence-corrected chi connectivity index (χ1v) is 9.89. The predicted octanol–water partition coefficient (Wildman–Crippen LogP) is 6.19. The number of nitrogens with zero attached hydrogens (tertiary/aromatic N) is 2. The van der Waals surface area contributed by atoms with E-state index < -0.39 is 17.7 Å². The third-order valence-electron chi connectivity index (χ3n) is 4.48. The maximum absolute atomic E-state index is 12.1. The first-order chi connectivity index (χ1) is 15.1. The topological polar surface area (TPSA) is 81.1 Å². The molecule has 0 unspecified atom stereocenters. The number of benzene rings is 3. The maximum Gasteiger partial charge on any atom is 0.416 e. The highest BCUT2D eigenvalue weighted by Crippen LogP contribution is 2.29. The normalized spacial score (nSPS) is 11.2. The van der Waals surface area contributed by atoms with E-state index in [1.807, 2.05) is 0 Å². The van der Waals surface area contributed by atoms with Gasteiger partial charge in [-0.05, 0) is 42.0 Å². The van der Waals surface area contributed by atoms with Gasteiger partial charge in [0.2, 0.25) is 0 Å². The van der Waals surface area contributed by atoms with Crippen molar-refractivity contribution in [2.24, 2.45) is 5.73 Å². The Morgan fingerprint density at radius 1 is 1.03 bits per heavy atom. The number of hydrogen-bond acceptors (Lipinski definition) is 3. The summed E-state index contributed by atoms with van der Waals surface area (Å²) >= 11 is 11.9. The molecule has 166 valence electrons. The molecule has 0 aliphatic rings. The molecular weight excluding hydrogens is 466 g/mol. The summed E-state index contributed by atoms with van der Waals surface area (Å²) in [5.74, 6) is -0.982. The number of carbonyl (C=O) groups is 1. The number of carboxylic acid groups (broad SMARTS) is 1. The van der Waals surface area contributed by atoms with Crippen LogP contribution in [0.25, 0.3) is 16.6 Å². The molecule has 32 heavy (non-hydrogen) atoms. The highest BCUT2D eigenvalue weighted by Gasteiger charge is 2.30. The van der Waals surface area contributed by atoms with E-state index in [1.54, 1.807) is 47.1 Å². The summed E-state index contributed by atoms with van der Waals surface area (Å²) in [7, 11) is 0. The van der Waals surface area contributed by atoms with Gasteiger partial charge in [-0.3, -0.25) is 0 Å². The zero-order chi connectivity index (χ0) is 23.5. The van der Waals surface area contributed by atoms with E-state index in [0.717, 1.165) is 17.8 Å². The van der Waals surface area contributed by atoms with Crippen LogP contribution in [0.15, 0.2) is 66.9 Å². The van der Waals surface area contributed by atoms with Gasteiger partial charge in [0.1, 0.15) is 0 Å². The van der Waals surface area contributed by atoms with Crippen molar-refractivity contribution in [2.45, 2.75) is 12.7 Å². The standard InChI is InChI=1S/C14H8Cl2N2O2.C8H8F3N/c15-11-5-4-8(6-12(11)16)18-13-3-1-2-9(14(19)20)10(13)7-17-18;9-8(10,11)7-3-1-2-6(4-7)5-12/h1-7H,(H,19,20);1-4H,5,12H2. The number of alkyl halides is 3. The molecule has 4 aromatic rings. The molecule has 4 rings (SSSR count). The Morgan fingerprint density at radius 3 is 2.38 bits per heavy atom. The molecule has 0 saturated carbocycles. The monoisotopic (exact) mass is 481 g/mol. The Balaban J connectivity index is 0.000000207. The van der Waals surface area contributed by atoms with Gasteiger partial charge in [-0.1, -0.05) is 47.5 Å². The van der Waals surface area contributed by atoms with E-state index in [-0.39, 0.29) is 12.1 Å². The smallest absolute Gasteiger partial charge is 0.416 e. The van der Waals surface area contributed by atoms with Gasteiger partial charge in [0, 0.05) is 11.9 Å². The lowest BCUT2D eigenvalue weighted by molar-refractivity contribution is -0.137. The second-order valence-electron chi connectivity index (χ2n) is 6.60. The van der Waals surface area contributed by atoms with Crippen LogP contribution in [-0.2, 0) is 12.7 Å². The van der Waals surface area contributed by atoms with Crippen molar-refractivity contribution in [1.82, 2.24) is 9.78 Å². The first-order valence-electron chi connectivity index (χ1n) is 9.13. The highest BCUT2D eigenvalue weighted by molar-refractivity contribution is 6.42. The number of carboxylic acids is 1. The van der Waals surface area contributed by atoms with Gasteiger partial charge < -0.3 is 10.8 Å². The summed E-state index contributed by atoms with van der Waals surface area (Å²) in [6.07, 6.45) is -2.74. The Hall–Kier alpha value is -3.07. The van der Waals surface area contributed by atoms with Gasteiger partial charge in [0.15, 0.2) is 0 Å². The summed E-state index contributed by atoms with van der Waals surface area (Å²) in [5.41, 5.74) is 6.67. The molecule has 0 bridgehead atoms. The molecule has 0 saturated heterocycles. The van der Waals surface area contributed by atoms with Crippen molar-refractivity contribution in [1.29, 1.82) is 0 Å². The zero-order valence-electron chi connectivity index (χ0n) is 16.3. The molecule has 5 nitrogen and oxygen atoms in total. The van der Waals surface area contributed by atoms with Crippen LogP contribution in [0.5, 0.6) is 0 Å². The molecule has 0 atom stereocenters. The third-order valence-corrected chi connectivity index (χ3v) is 5.22. The van der Waals surface area contributed by atoms with Gasteiger partial charge in [0.25, 0.3) is 0 Å². The van der Waals surface area contributed by atoms with Gasteiger partial charge in [-0.2, -0.15) is 18.3 Å². The van der Waals surface area contributed by atoms with Gasteiger partial charge in [-0.15, -0.1) is 0 Å². The summed E-state index contributed by atoms with van der Waals surface area (Å²) in [4.78, 5) is 11.2. The summed E-state index contributed by atoms with van der Waals surface area (Å²) < 4.78 is 37.8. The minimum absolute atomic E-state index is 0.129. The average Bonchev–Trinajstić information content (AvgIpc) is 3.19. The van der Waals surface area contributed by atoms with E-state index in [4.69, 9.17) is 34.0 Å². The Morgan fingerprint density at radius 2 is 1.75 bits per heavy atom. The van der Waals surface area contributed by atoms with Gasteiger partial charge in [-0.25, -0.2) is 9.48 Å². The molecule has 1 heterocycles. The van der Waals surface area contributed by atoms with E-state index in [1.165, 1.54) is 12.3 Å². The van der Waals surface area contributed by atoms with Crippen LogP contribution in [0.2, 0.25) is 10.0 Å². The van der Waals surface area contributed by atoms with Crippen LogP contribution in [0.3, 0.4) is 0 Å². The van der Waals surface area contributed by atoms with E-state index >= 15 is 0 Å².